The minimum absolute atomic E-state index is 0.0568. The summed E-state index contributed by atoms with van der Waals surface area (Å²) < 4.78 is 12.7. The quantitative estimate of drug-likeness (QED) is 0.374. The first-order valence-electron chi connectivity index (χ1n) is 13.0. The second kappa shape index (κ2) is 8.76. The summed E-state index contributed by atoms with van der Waals surface area (Å²) in [5.41, 5.74) is 10.2. The molecule has 0 fully saturated rings. The average molecular weight is 485 g/mol. The van der Waals surface area contributed by atoms with Gasteiger partial charge in [-0.1, -0.05) is 76.9 Å². The van der Waals surface area contributed by atoms with E-state index in [4.69, 9.17) is 9.47 Å². The Morgan fingerprint density at radius 3 is 1.28 bits per heavy atom. The number of nitrogens with zero attached hydrogens (tertiary/aromatic N) is 2. The number of fused-ring (bicyclic) bond motifs is 2. The number of ether oxygens (including phenoxy) is 2. The molecule has 36 heavy (non-hydrogen) atoms. The molecule has 0 saturated carbocycles. The Kier molecular flexibility index (Phi) is 5.97. The number of anilines is 2. The lowest BCUT2D eigenvalue weighted by Gasteiger charge is -2.36. The van der Waals surface area contributed by atoms with Gasteiger partial charge in [0.2, 0.25) is 0 Å². The van der Waals surface area contributed by atoms with Crippen LogP contribution < -0.4 is 19.3 Å². The molecule has 0 atom stereocenters. The van der Waals surface area contributed by atoms with Gasteiger partial charge in [0.15, 0.2) is 13.5 Å². The van der Waals surface area contributed by atoms with Gasteiger partial charge in [-0.25, -0.2) is 0 Å². The highest BCUT2D eigenvalue weighted by molar-refractivity contribution is 5.60. The number of aryl methyl sites for hydroxylation is 2. The Hall–Kier alpha value is -3.14. The van der Waals surface area contributed by atoms with Crippen LogP contribution in [0, 0.1) is 13.8 Å². The largest absolute Gasteiger partial charge is 0.472 e. The molecule has 0 N–H and O–H groups in total. The molecule has 0 bridgehead atoms. The highest BCUT2D eigenvalue weighted by Crippen LogP contribution is 2.40. The molecule has 5 rings (SSSR count). The highest BCUT2D eigenvalue weighted by Gasteiger charge is 2.28. The zero-order valence-corrected chi connectivity index (χ0v) is 23.2. The van der Waals surface area contributed by atoms with Gasteiger partial charge in [-0.05, 0) is 48.9 Å². The fourth-order valence-electron chi connectivity index (χ4n) is 5.38. The maximum Gasteiger partial charge on any atom is 0.161 e. The minimum atomic E-state index is 0.0568. The van der Waals surface area contributed by atoms with Crippen molar-refractivity contribution in [2.24, 2.45) is 0 Å². The van der Waals surface area contributed by atoms with Crippen molar-refractivity contribution in [1.29, 1.82) is 0 Å². The van der Waals surface area contributed by atoms with Gasteiger partial charge in [-0.3, -0.25) is 0 Å². The van der Waals surface area contributed by atoms with Crippen LogP contribution in [0.3, 0.4) is 0 Å². The molecule has 4 heteroatoms. The van der Waals surface area contributed by atoms with E-state index in [1.54, 1.807) is 0 Å². The van der Waals surface area contributed by atoms with Crippen molar-refractivity contribution in [3.05, 3.63) is 81.9 Å². The van der Waals surface area contributed by atoms with Crippen LogP contribution in [0.4, 0.5) is 11.4 Å². The van der Waals surface area contributed by atoms with Crippen molar-refractivity contribution in [2.75, 3.05) is 23.3 Å². The molecule has 0 amide bonds. The molecule has 2 aliphatic rings. The van der Waals surface area contributed by atoms with Crippen LogP contribution in [-0.2, 0) is 23.9 Å². The second-order valence-electron chi connectivity index (χ2n) is 12.6. The second-order valence-corrected chi connectivity index (χ2v) is 12.6. The Bertz CT molecular complexity index is 1180. The number of hydrogen-bond acceptors (Lipinski definition) is 4. The van der Waals surface area contributed by atoms with Gasteiger partial charge in [-0.2, -0.15) is 0 Å². The first-order chi connectivity index (χ1) is 16.9. The normalized spacial score (nSPS) is 15.7. The molecule has 2 heterocycles. The molecule has 0 aromatic heterocycles. The summed E-state index contributed by atoms with van der Waals surface area (Å²) in [6.45, 7) is 20.7. The maximum atomic E-state index is 6.33. The summed E-state index contributed by atoms with van der Waals surface area (Å²) in [7, 11) is 0. The van der Waals surface area contributed by atoms with Gasteiger partial charge in [0.25, 0.3) is 0 Å². The van der Waals surface area contributed by atoms with Crippen molar-refractivity contribution < 1.29 is 9.47 Å². The van der Waals surface area contributed by atoms with E-state index in [2.05, 4.69) is 114 Å². The van der Waals surface area contributed by atoms with Crippen LogP contribution in [0.2, 0.25) is 0 Å². The number of rotatable bonds is 2. The van der Waals surface area contributed by atoms with Crippen LogP contribution in [-0.4, -0.2) is 13.5 Å². The van der Waals surface area contributed by atoms with E-state index in [1.807, 2.05) is 0 Å². The van der Waals surface area contributed by atoms with E-state index in [0.717, 1.165) is 24.6 Å². The standard InChI is InChI=1S/C32H40N2O2/c1-21-13-23-17-33(19-35-29(23)27(15-21)31(3,4)5)25-9-11-26(12-10-25)34-18-24-14-22(2)16-28(32(6,7)8)30(24)36-20-34/h9-16H,17-20H2,1-8H3. The van der Waals surface area contributed by atoms with Gasteiger partial charge in [0.05, 0.1) is 0 Å². The molecule has 3 aromatic carbocycles. The van der Waals surface area contributed by atoms with Crippen LogP contribution in [0.15, 0.2) is 48.5 Å². The third-order valence-corrected chi connectivity index (χ3v) is 7.27. The SMILES string of the molecule is Cc1cc2c(c(C(C)(C)C)c1)OCN(c1ccc(N3COc4c(cc(C)cc4C(C)(C)C)C3)cc1)C2. The van der Waals surface area contributed by atoms with Gasteiger partial charge >= 0.3 is 0 Å². The van der Waals surface area contributed by atoms with Gasteiger partial charge in [-0.15, -0.1) is 0 Å². The highest BCUT2D eigenvalue weighted by atomic mass is 16.5. The predicted octanol–water partition coefficient (Wildman–Crippen LogP) is 7.61. The predicted molar refractivity (Wildman–Crippen MR) is 150 cm³/mol. The van der Waals surface area contributed by atoms with E-state index in [-0.39, 0.29) is 10.8 Å². The molecule has 0 aliphatic carbocycles. The van der Waals surface area contributed by atoms with E-state index >= 15 is 0 Å². The first-order valence-corrected chi connectivity index (χ1v) is 13.0. The van der Waals surface area contributed by atoms with Crippen molar-refractivity contribution in [3.8, 4) is 11.5 Å². The van der Waals surface area contributed by atoms with E-state index < -0.39 is 0 Å². The molecule has 0 saturated heterocycles. The lowest BCUT2D eigenvalue weighted by Crippen LogP contribution is -2.34. The Morgan fingerprint density at radius 1 is 0.583 bits per heavy atom. The summed E-state index contributed by atoms with van der Waals surface area (Å²) in [6.07, 6.45) is 0. The summed E-state index contributed by atoms with van der Waals surface area (Å²) in [5.74, 6) is 2.13. The van der Waals surface area contributed by atoms with E-state index in [0.29, 0.717) is 13.5 Å². The molecular weight excluding hydrogens is 444 g/mol. The van der Waals surface area contributed by atoms with Crippen LogP contribution in [0.5, 0.6) is 11.5 Å². The summed E-state index contributed by atoms with van der Waals surface area (Å²) in [6, 6.07) is 17.9. The fraction of sp³-hybridized carbons (Fsp3) is 0.438. The molecule has 0 spiro atoms. The number of benzene rings is 3. The first kappa shape index (κ1) is 24.5. The zero-order chi connectivity index (χ0) is 25.8. The summed E-state index contributed by atoms with van der Waals surface area (Å²) in [5, 5.41) is 0. The molecule has 0 unspecified atom stereocenters. The minimum Gasteiger partial charge on any atom is -0.472 e. The molecule has 4 nitrogen and oxygen atoms in total. The molecule has 2 aliphatic heterocycles. The molecular formula is C32H40N2O2. The van der Waals surface area contributed by atoms with E-state index in [1.165, 1.54) is 44.8 Å². The zero-order valence-electron chi connectivity index (χ0n) is 23.2. The molecule has 190 valence electrons. The van der Waals surface area contributed by atoms with Crippen LogP contribution in [0.25, 0.3) is 0 Å². The van der Waals surface area contributed by atoms with Crippen molar-refractivity contribution in [1.82, 2.24) is 0 Å². The Morgan fingerprint density at radius 2 is 0.944 bits per heavy atom. The fourth-order valence-corrected chi connectivity index (χ4v) is 5.38. The molecule has 0 radical (unpaired) electrons. The van der Waals surface area contributed by atoms with Crippen molar-refractivity contribution in [2.45, 2.75) is 79.3 Å². The van der Waals surface area contributed by atoms with Gasteiger partial charge < -0.3 is 19.3 Å². The maximum absolute atomic E-state index is 6.33. The third-order valence-electron chi connectivity index (χ3n) is 7.27. The average Bonchev–Trinajstić information content (AvgIpc) is 2.81. The third kappa shape index (κ3) is 4.66. The lowest BCUT2D eigenvalue weighted by atomic mass is 9.84. The van der Waals surface area contributed by atoms with Crippen LogP contribution in [0.1, 0.15) is 74.9 Å². The Labute approximate surface area is 216 Å². The molecule has 3 aromatic rings. The Balaban J connectivity index is 1.35. The van der Waals surface area contributed by atoms with Crippen molar-refractivity contribution in [3.63, 3.8) is 0 Å². The van der Waals surface area contributed by atoms with Gasteiger partial charge in [0.1, 0.15) is 11.5 Å². The van der Waals surface area contributed by atoms with E-state index in [9.17, 15) is 0 Å². The monoisotopic (exact) mass is 484 g/mol. The van der Waals surface area contributed by atoms with Gasteiger partial charge in [0, 0.05) is 46.7 Å². The summed E-state index contributed by atoms with van der Waals surface area (Å²) >= 11 is 0. The topological polar surface area (TPSA) is 24.9 Å². The van der Waals surface area contributed by atoms with Crippen LogP contribution >= 0.6 is 0 Å². The number of hydrogen-bond donors (Lipinski definition) is 0. The smallest absolute Gasteiger partial charge is 0.161 e. The summed E-state index contributed by atoms with van der Waals surface area (Å²) in [4.78, 5) is 4.61. The van der Waals surface area contributed by atoms with Crippen molar-refractivity contribution >= 4 is 11.4 Å². The lowest BCUT2D eigenvalue weighted by molar-refractivity contribution is 0.280.